The molecule has 0 heterocycles. The number of halogens is 2. The van der Waals surface area contributed by atoms with Gasteiger partial charge in [-0.1, -0.05) is 71.7 Å². The lowest BCUT2D eigenvalue weighted by Crippen LogP contribution is -2.29. The number of anilines is 1. The van der Waals surface area contributed by atoms with E-state index in [0.29, 0.717) is 33.4 Å². The second kappa shape index (κ2) is 10.1. The van der Waals surface area contributed by atoms with E-state index in [4.69, 9.17) is 23.2 Å². The summed E-state index contributed by atoms with van der Waals surface area (Å²) in [6.07, 6.45) is 1.11. The smallest absolute Gasteiger partial charge is 0.251 e. The van der Waals surface area contributed by atoms with Crippen LogP contribution >= 0.6 is 23.2 Å². The van der Waals surface area contributed by atoms with E-state index in [1.807, 2.05) is 42.5 Å². The van der Waals surface area contributed by atoms with Gasteiger partial charge in [0.15, 0.2) is 0 Å². The molecule has 4 rings (SSSR count). The van der Waals surface area contributed by atoms with Crippen LogP contribution in [0.1, 0.15) is 21.5 Å². The van der Waals surface area contributed by atoms with E-state index in [-0.39, 0.29) is 12.5 Å². The lowest BCUT2D eigenvalue weighted by molar-refractivity contribution is 0.0951. The standard InChI is InChI=1S/C26H22Cl2N2O3S/c1-34(32,33)30(17-23-24(27)10-5-11-25(23)28)21-14-12-19(13-15-21)26(31)29-16-20-8-4-7-18-6-2-3-9-22(18)20/h2-15H,16-17H2,1H3,(H,29,31). The normalized spacial score (nSPS) is 11.4. The Morgan fingerprint density at radius 2 is 1.47 bits per heavy atom. The number of amides is 1. The summed E-state index contributed by atoms with van der Waals surface area (Å²) in [5.74, 6) is -0.250. The van der Waals surface area contributed by atoms with Crippen molar-refractivity contribution >= 4 is 55.6 Å². The summed E-state index contributed by atoms with van der Waals surface area (Å²) in [7, 11) is -3.63. The number of rotatable bonds is 7. The molecule has 0 aliphatic heterocycles. The summed E-state index contributed by atoms with van der Waals surface area (Å²) >= 11 is 12.5. The molecule has 0 saturated heterocycles. The van der Waals surface area contributed by atoms with Gasteiger partial charge in [0.2, 0.25) is 10.0 Å². The predicted octanol–water partition coefficient (Wildman–Crippen LogP) is 6.04. The third-order valence-electron chi connectivity index (χ3n) is 5.50. The maximum absolute atomic E-state index is 12.7. The van der Waals surface area contributed by atoms with Gasteiger partial charge in [0, 0.05) is 27.7 Å². The van der Waals surface area contributed by atoms with Gasteiger partial charge in [-0.15, -0.1) is 0 Å². The van der Waals surface area contributed by atoms with Crippen molar-refractivity contribution in [2.75, 3.05) is 10.6 Å². The molecule has 8 heteroatoms. The Kier molecular flexibility index (Phi) is 7.12. The maximum Gasteiger partial charge on any atom is 0.251 e. The van der Waals surface area contributed by atoms with E-state index in [1.54, 1.807) is 42.5 Å². The van der Waals surface area contributed by atoms with Crippen molar-refractivity contribution < 1.29 is 13.2 Å². The van der Waals surface area contributed by atoms with E-state index < -0.39 is 10.0 Å². The molecule has 0 saturated carbocycles. The van der Waals surface area contributed by atoms with Crippen LogP contribution in [0.3, 0.4) is 0 Å². The highest BCUT2D eigenvalue weighted by Gasteiger charge is 2.21. The summed E-state index contributed by atoms with van der Waals surface area (Å²) in [4.78, 5) is 12.7. The fraction of sp³-hybridized carbons (Fsp3) is 0.115. The largest absolute Gasteiger partial charge is 0.348 e. The zero-order valence-corrected chi connectivity index (χ0v) is 20.7. The third-order valence-corrected chi connectivity index (χ3v) is 7.35. The highest BCUT2D eigenvalue weighted by molar-refractivity contribution is 7.92. The monoisotopic (exact) mass is 512 g/mol. The molecule has 0 fully saturated rings. The minimum absolute atomic E-state index is 0.0238. The summed E-state index contributed by atoms with van der Waals surface area (Å²) in [6, 6.07) is 25.4. The Hall–Kier alpha value is -3.06. The predicted molar refractivity (Wildman–Crippen MR) is 139 cm³/mol. The van der Waals surface area contributed by atoms with Crippen LogP contribution < -0.4 is 9.62 Å². The Morgan fingerprint density at radius 3 is 2.15 bits per heavy atom. The summed E-state index contributed by atoms with van der Waals surface area (Å²) in [5.41, 5.74) is 2.36. The first-order chi connectivity index (χ1) is 16.2. The molecule has 34 heavy (non-hydrogen) atoms. The van der Waals surface area contributed by atoms with Gasteiger partial charge in [-0.2, -0.15) is 0 Å². The maximum atomic E-state index is 12.7. The van der Waals surface area contributed by atoms with Gasteiger partial charge in [-0.3, -0.25) is 9.10 Å². The van der Waals surface area contributed by atoms with E-state index in [9.17, 15) is 13.2 Å². The summed E-state index contributed by atoms with van der Waals surface area (Å²) in [6.45, 7) is 0.354. The second-order valence-electron chi connectivity index (χ2n) is 7.84. The third kappa shape index (κ3) is 5.36. The van der Waals surface area contributed by atoms with Crippen molar-refractivity contribution in [3.63, 3.8) is 0 Å². The number of carbonyl (C=O) groups is 1. The lowest BCUT2D eigenvalue weighted by atomic mass is 10.0. The molecule has 5 nitrogen and oxygen atoms in total. The van der Waals surface area contributed by atoms with Crippen LogP contribution in [0.15, 0.2) is 84.9 Å². The van der Waals surface area contributed by atoms with Crippen molar-refractivity contribution in [2.24, 2.45) is 0 Å². The molecule has 4 aromatic carbocycles. The van der Waals surface area contributed by atoms with Gasteiger partial charge >= 0.3 is 0 Å². The highest BCUT2D eigenvalue weighted by Crippen LogP contribution is 2.29. The summed E-state index contributed by atoms with van der Waals surface area (Å²) in [5, 5.41) is 5.89. The van der Waals surface area contributed by atoms with Crippen LogP contribution in [0, 0.1) is 0 Å². The molecule has 0 bridgehead atoms. The fourth-order valence-corrected chi connectivity index (χ4v) is 5.12. The first-order valence-electron chi connectivity index (χ1n) is 10.5. The number of sulfonamides is 1. The van der Waals surface area contributed by atoms with Gasteiger partial charge < -0.3 is 5.32 Å². The zero-order chi connectivity index (χ0) is 24.3. The van der Waals surface area contributed by atoms with Crippen LogP contribution in [0.2, 0.25) is 10.0 Å². The van der Waals surface area contributed by atoms with Crippen molar-refractivity contribution in [2.45, 2.75) is 13.1 Å². The first-order valence-corrected chi connectivity index (χ1v) is 13.1. The quantitative estimate of drug-likeness (QED) is 0.328. The Morgan fingerprint density at radius 1 is 0.853 bits per heavy atom. The number of carbonyl (C=O) groups excluding carboxylic acids is 1. The molecule has 0 aliphatic carbocycles. The van der Waals surface area contributed by atoms with E-state index in [0.717, 1.165) is 22.6 Å². The van der Waals surface area contributed by atoms with Crippen LogP contribution in [0.4, 0.5) is 5.69 Å². The number of fused-ring (bicyclic) bond motifs is 1. The second-order valence-corrected chi connectivity index (χ2v) is 10.6. The number of nitrogens with zero attached hydrogens (tertiary/aromatic N) is 1. The topological polar surface area (TPSA) is 66.5 Å². The van der Waals surface area contributed by atoms with Crippen LogP contribution in [0.25, 0.3) is 10.8 Å². The van der Waals surface area contributed by atoms with E-state index >= 15 is 0 Å². The molecule has 0 atom stereocenters. The SMILES string of the molecule is CS(=O)(=O)N(Cc1c(Cl)cccc1Cl)c1ccc(C(=O)NCc2cccc3ccccc23)cc1. The van der Waals surface area contributed by atoms with E-state index in [2.05, 4.69) is 5.32 Å². The molecular formula is C26H22Cl2N2O3S. The molecular weight excluding hydrogens is 491 g/mol. The summed E-state index contributed by atoms with van der Waals surface area (Å²) < 4.78 is 26.2. The van der Waals surface area contributed by atoms with Crippen molar-refractivity contribution in [3.8, 4) is 0 Å². The highest BCUT2D eigenvalue weighted by atomic mass is 35.5. The van der Waals surface area contributed by atoms with Crippen LogP contribution in [0.5, 0.6) is 0 Å². The Bertz CT molecular complexity index is 1430. The van der Waals surface area contributed by atoms with Crippen molar-refractivity contribution in [3.05, 3.63) is 112 Å². The van der Waals surface area contributed by atoms with Crippen LogP contribution in [-0.4, -0.2) is 20.6 Å². The average Bonchev–Trinajstić information content (AvgIpc) is 2.81. The fourth-order valence-electron chi connectivity index (χ4n) is 3.73. The number of benzene rings is 4. The van der Waals surface area contributed by atoms with Crippen molar-refractivity contribution in [1.82, 2.24) is 5.32 Å². The Balaban J connectivity index is 1.52. The zero-order valence-electron chi connectivity index (χ0n) is 18.3. The molecule has 0 radical (unpaired) electrons. The molecule has 1 amide bonds. The van der Waals surface area contributed by atoms with E-state index in [1.165, 1.54) is 4.31 Å². The van der Waals surface area contributed by atoms with Crippen molar-refractivity contribution in [1.29, 1.82) is 0 Å². The van der Waals surface area contributed by atoms with Gasteiger partial charge in [0.1, 0.15) is 0 Å². The molecule has 174 valence electrons. The average molecular weight is 513 g/mol. The molecule has 1 N–H and O–H groups in total. The first kappa shape index (κ1) is 24.1. The number of hydrogen-bond donors (Lipinski definition) is 1. The van der Waals surface area contributed by atoms with Gasteiger partial charge in [-0.25, -0.2) is 8.42 Å². The Labute approximate surface area is 209 Å². The van der Waals surface area contributed by atoms with Gasteiger partial charge in [0.25, 0.3) is 5.91 Å². The minimum atomic E-state index is -3.63. The molecule has 4 aromatic rings. The van der Waals surface area contributed by atoms with Gasteiger partial charge in [-0.05, 0) is 52.7 Å². The minimum Gasteiger partial charge on any atom is -0.348 e. The number of nitrogens with one attached hydrogen (secondary N) is 1. The number of hydrogen-bond acceptors (Lipinski definition) is 3. The lowest BCUT2D eigenvalue weighted by Gasteiger charge is -2.23. The van der Waals surface area contributed by atoms with Gasteiger partial charge in [0.05, 0.1) is 18.5 Å². The molecule has 0 unspecified atom stereocenters. The molecule has 0 aromatic heterocycles. The van der Waals surface area contributed by atoms with Crippen LogP contribution in [-0.2, 0) is 23.1 Å². The molecule has 0 aliphatic rings. The molecule has 0 spiro atoms.